The number of amides is 1. The molecule has 1 N–H and O–H groups in total. The molecular weight excluding hydrogens is 384 g/mol. The van der Waals surface area contributed by atoms with Gasteiger partial charge in [-0.1, -0.05) is 36.4 Å². The van der Waals surface area contributed by atoms with Crippen LogP contribution in [0.3, 0.4) is 0 Å². The molecule has 0 aromatic heterocycles. The van der Waals surface area contributed by atoms with Gasteiger partial charge in [0.25, 0.3) is 5.91 Å². The highest BCUT2D eigenvalue weighted by Gasteiger charge is 2.17. The van der Waals surface area contributed by atoms with Crippen LogP contribution in [0.5, 0.6) is 0 Å². The highest BCUT2D eigenvalue weighted by molar-refractivity contribution is 8.16. The number of nitrogens with zero attached hydrogens (tertiary/aromatic N) is 1. The Labute approximate surface area is 176 Å². The Morgan fingerprint density at radius 1 is 0.929 bits per heavy atom. The summed E-state index contributed by atoms with van der Waals surface area (Å²) in [4.78, 5) is 15.1. The average Bonchev–Trinajstić information content (AvgIpc) is 3.27. The highest BCUT2D eigenvalue weighted by Crippen LogP contribution is 2.43. The maximum atomic E-state index is 12.6. The first-order valence-electron chi connectivity index (χ1n) is 10.2. The molecule has 28 heavy (non-hydrogen) atoms. The van der Waals surface area contributed by atoms with Gasteiger partial charge in [-0.05, 0) is 72.7 Å². The summed E-state index contributed by atoms with van der Waals surface area (Å²) >= 11 is 4.02. The molecule has 0 atom stereocenters. The first-order chi connectivity index (χ1) is 13.8. The van der Waals surface area contributed by atoms with Crippen molar-refractivity contribution in [2.45, 2.75) is 36.9 Å². The van der Waals surface area contributed by atoms with Crippen LogP contribution in [0.25, 0.3) is 0 Å². The molecule has 2 heterocycles. The van der Waals surface area contributed by atoms with Crippen molar-refractivity contribution >= 4 is 29.4 Å². The molecule has 0 aliphatic carbocycles. The monoisotopic (exact) mass is 412 g/mol. The molecule has 2 aromatic rings. The minimum Gasteiger partial charge on any atom is -0.348 e. The largest absolute Gasteiger partial charge is 0.348 e. The Bertz CT molecular complexity index is 781. The van der Waals surface area contributed by atoms with E-state index in [4.69, 9.17) is 0 Å². The molecule has 2 aliphatic rings. The molecule has 2 aliphatic heterocycles. The smallest absolute Gasteiger partial charge is 0.251 e. The molecule has 2 saturated heterocycles. The minimum atomic E-state index is 0.00600. The van der Waals surface area contributed by atoms with Gasteiger partial charge in [0.05, 0.1) is 4.58 Å². The summed E-state index contributed by atoms with van der Waals surface area (Å²) in [6.07, 6.45) is 3.89. The van der Waals surface area contributed by atoms with Crippen LogP contribution in [-0.4, -0.2) is 35.4 Å². The molecule has 4 rings (SSSR count). The third kappa shape index (κ3) is 5.13. The van der Waals surface area contributed by atoms with Crippen LogP contribution >= 0.6 is 23.5 Å². The zero-order valence-corrected chi connectivity index (χ0v) is 17.9. The number of nitrogens with one attached hydrogen (secondary N) is 1. The molecule has 1 amide bonds. The SMILES string of the molecule is O=C(NCc1ccccc1CN1CCCC1)c1ccc(C2SCCCS2)cc1. The van der Waals surface area contributed by atoms with Crippen LogP contribution in [0.1, 0.15) is 50.9 Å². The van der Waals surface area contributed by atoms with Crippen molar-refractivity contribution in [2.75, 3.05) is 24.6 Å². The van der Waals surface area contributed by atoms with E-state index in [1.165, 1.54) is 60.5 Å². The van der Waals surface area contributed by atoms with Crippen LogP contribution in [0.15, 0.2) is 48.5 Å². The number of hydrogen-bond donors (Lipinski definition) is 1. The second-order valence-electron chi connectivity index (χ2n) is 7.48. The molecule has 148 valence electrons. The third-order valence-electron chi connectivity index (χ3n) is 5.42. The summed E-state index contributed by atoms with van der Waals surface area (Å²) in [6.45, 7) is 3.94. The first kappa shape index (κ1) is 19.9. The quantitative estimate of drug-likeness (QED) is 0.717. The summed E-state index contributed by atoms with van der Waals surface area (Å²) in [5, 5.41) is 3.11. The lowest BCUT2D eigenvalue weighted by Crippen LogP contribution is -2.25. The van der Waals surface area contributed by atoms with E-state index >= 15 is 0 Å². The zero-order chi connectivity index (χ0) is 19.2. The minimum absolute atomic E-state index is 0.00600. The van der Waals surface area contributed by atoms with E-state index in [-0.39, 0.29) is 5.91 Å². The third-order valence-corrected chi connectivity index (χ3v) is 8.44. The van der Waals surface area contributed by atoms with E-state index in [2.05, 4.69) is 46.6 Å². The van der Waals surface area contributed by atoms with E-state index in [1.54, 1.807) is 0 Å². The molecule has 5 heteroatoms. The Kier molecular flexibility index (Phi) is 7.00. The van der Waals surface area contributed by atoms with E-state index in [0.717, 1.165) is 12.1 Å². The van der Waals surface area contributed by atoms with Gasteiger partial charge in [-0.25, -0.2) is 0 Å². The number of thioether (sulfide) groups is 2. The Morgan fingerprint density at radius 2 is 1.61 bits per heavy atom. The predicted octanol–water partition coefficient (Wildman–Crippen LogP) is 5.08. The van der Waals surface area contributed by atoms with Gasteiger partial charge in [0, 0.05) is 18.7 Å². The molecule has 0 saturated carbocycles. The fraction of sp³-hybridized carbons (Fsp3) is 0.435. The van der Waals surface area contributed by atoms with Crippen LogP contribution in [-0.2, 0) is 13.1 Å². The molecular formula is C23H28N2OS2. The summed E-state index contributed by atoms with van der Waals surface area (Å²) in [7, 11) is 0. The van der Waals surface area contributed by atoms with E-state index in [9.17, 15) is 4.79 Å². The normalized spacial score (nSPS) is 18.3. The van der Waals surface area contributed by atoms with Crippen molar-refractivity contribution in [1.29, 1.82) is 0 Å². The molecule has 0 spiro atoms. The summed E-state index contributed by atoms with van der Waals surface area (Å²) < 4.78 is 0.517. The second kappa shape index (κ2) is 9.86. The zero-order valence-electron chi connectivity index (χ0n) is 16.2. The Balaban J connectivity index is 1.35. The fourth-order valence-electron chi connectivity index (χ4n) is 3.82. The molecule has 0 unspecified atom stereocenters. The molecule has 0 bridgehead atoms. The van der Waals surface area contributed by atoms with Gasteiger partial charge in [-0.2, -0.15) is 0 Å². The number of hydrogen-bond acceptors (Lipinski definition) is 4. The van der Waals surface area contributed by atoms with Crippen molar-refractivity contribution in [3.8, 4) is 0 Å². The van der Waals surface area contributed by atoms with E-state index < -0.39 is 0 Å². The summed E-state index contributed by atoms with van der Waals surface area (Å²) in [5.41, 5.74) is 4.61. The topological polar surface area (TPSA) is 32.3 Å². The second-order valence-corrected chi connectivity index (χ2v) is 10.2. The lowest BCUT2D eigenvalue weighted by Gasteiger charge is -2.21. The first-order valence-corrected chi connectivity index (χ1v) is 12.3. The summed E-state index contributed by atoms with van der Waals surface area (Å²) in [6, 6.07) is 16.6. The van der Waals surface area contributed by atoms with E-state index in [0.29, 0.717) is 11.1 Å². The number of rotatable bonds is 6. The van der Waals surface area contributed by atoms with Gasteiger partial charge >= 0.3 is 0 Å². The fourth-order valence-corrected chi connectivity index (χ4v) is 6.71. The van der Waals surface area contributed by atoms with E-state index in [1.807, 2.05) is 35.7 Å². The number of benzene rings is 2. The lowest BCUT2D eigenvalue weighted by molar-refractivity contribution is 0.0950. The highest BCUT2D eigenvalue weighted by atomic mass is 32.2. The maximum Gasteiger partial charge on any atom is 0.251 e. The number of likely N-dealkylation sites (tertiary alicyclic amines) is 1. The maximum absolute atomic E-state index is 12.6. The van der Waals surface area contributed by atoms with Crippen molar-refractivity contribution in [2.24, 2.45) is 0 Å². The van der Waals surface area contributed by atoms with Crippen LogP contribution in [0, 0.1) is 0 Å². The number of carbonyl (C=O) groups excluding carboxylic acids is 1. The standard InChI is InChI=1S/C23H28N2OS2/c26-22(18-8-10-19(11-9-18)23-27-14-5-15-28-23)24-16-20-6-1-2-7-21(20)17-25-12-3-4-13-25/h1-2,6-11,23H,3-5,12-17H2,(H,24,26). The lowest BCUT2D eigenvalue weighted by atomic mass is 10.1. The Morgan fingerprint density at radius 3 is 2.32 bits per heavy atom. The van der Waals surface area contributed by atoms with Crippen LogP contribution < -0.4 is 5.32 Å². The molecule has 0 radical (unpaired) electrons. The van der Waals surface area contributed by atoms with Gasteiger partial charge in [-0.3, -0.25) is 9.69 Å². The molecule has 3 nitrogen and oxygen atoms in total. The van der Waals surface area contributed by atoms with Gasteiger partial charge in [-0.15, -0.1) is 23.5 Å². The average molecular weight is 413 g/mol. The number of carbonyl (C=O) groups is 1. The molecule has 2 fully saturated rings. The van der Waals surface area contributed by atoms with Crippen LogP contribution in [0.4, 0.5) is 0 Å². The Hall–Kier alpha value is -1.43. The predicted molar refractivity (Wildman–Crippen MR) is 121 cm³/mol. The van der Waals surface area contributed by atoms with Gasteiger partial charge in [0.2, 0.25) is 0 Å². The summed E-state index contributed by atoms with van der Waals surface area (Å²) in [5.74, 6) is 2.47. The van der Waals surface area contributed by atoms with Crippen molar-refractivity contribution in [1.82, 2.24) is 10.2 Å². The van der Waals surface area contributed by atoms with Crippen molar-refractivity contribution in [3.05, 3.63) is 70.8 Å². The van der Waals surface area contributed by atoms with Gasteiger partial charge in [0.1, 0.15) is 0 Å². The van der Waals surface area contributed by atoms with Crippen LogP contribution in [0.2, 0.25) is 0 Å². The van der Waals surface area contributed by atoms with Crippen molar-refractivity contribution in [3.63, 3.8) is 0 Å². The molecule has 2 aromatic carbocycles. The van der Waals surface area contributed by atoms with Crippen molar-refractivity contribution < 1.29 is 4.79 Å². The van der Waals surface area contributed by atoms with Gasteiger partial charge in [0.15, 0.2) is 0 Å². The van der Waals surface area contributed by atoms with Gasteiger partial charge < -0.3 is 5.32 Å².